The third-order valence-electron chi connectivity index (χ3n) is 6.48. The van der Waals surface area contributed by atoms with Crippen molar-refractivity contribution in [3.8, 4) is 16.8 Å². The molecule has 0 atom stereocenters. The van der Waals surface area contributed by atoms with Gasteiger partial charge in [-0.3, -0.25) is 9.59 Å². The Morgan fingerprint density at radius 1 is 1.03 bits per heavy atom. The van der Waals surface area contributed by atoms with Gasteiger partial charge in [0.25, 0.3) is 5.56 Å². The molecule has 0 spiro atoms. The second kappa shape index (κ2) is 9.58. The largest absolute Gasteiger partial charge is 0.337 e. The number of hydrogen-bond acceptors (Lipinski definition) is 4. The maximum atomic E-state index is 13.3. The van der Waals surface area contributed by atoms with Gasteiger partial charge in [-0.25, -0.2) is 4.68 Å². The van der Waals surface area contributed by atoms with Gasteiger partial charge in [0, 0.05) is 48.4 Å². The maximum absolute atomic E-state index is 13.3. The summed E-state index contributed by atoms with van der Waals surface area (Å²) in [5, 5.41) is 4.58. The molecule has 6 nitrogen and oxygen atoms in total. The highest BCUT2D eigenvalue weighted by Crippen LogP contribution is 2.26. The van der Waals surface area contributed by atoms with E-state index >= 15 is 0 Å². The number of aryl methyl sites for hydroxylation is 2. The highest BCUT2D eigenvalue weighted by molar-refractivity contribution is 8.00. The second-order valence-electron chi connectivity index (χ2n) is 8.95. The van der Waals surface area contributed by atoms with Crippen molar-refractivity contribution in [1.29, 1.82) is 0 Å². The minimum atomic E-state index is -0.0197. The Hall–Kier alpha value is -3.58. The zero-order valence-electron chi connectivity index (χ0n) is 20.2. The predicted molar refractivity (Wildman–Crippen MR) is 140 cm³/mol. The van der Waals surface area contributed by atoms with Crippen LogP contribution in [-0.4, -0.2) is 37.5 Å². The van der Waals surface area contributed by atoms with Crippen LogP contribution in [-0.2, 0) is 24.8 Å². The minimum absolute atomic E-state index is 0.0197. The summed E-state index contributed by atoms with van der Waals surface area (Å²) in [6.07, 6.45) is 0.675. The molecule has 5 rings (SSSR count). The standard InChI is InChI=1S/C28H28N4O2S/c1-19-14-20(2)32(29-19)23-9-7-8-21(15-23)25-16-22-17-31(13-12-26(22)30(3)28(25)34)27(33)18-35-24-10-5-4-6-11-24/h4-11,14-16H,12-13,17-18H2,1-3H3. The lowest BCUT2D eigenvalue weighted by Crippen LogP contribution is -2.39. The molecule has 178 valence electrons. The van der Waals surface area contributed by atoms with Crippen LogP contribution in [0.1, 0.15) is 22.6 Å². The Labute approximate surface area is 209 Å². The van der Waals surface area contributed by atoms with Crippen molar-refractivity contribution in [3.63, 3.8) is 0 Å². The van der Waals surface area contributed by atoms with Crippen LogP contribution in [0, 0.1) is 13.8 Å². The van der Waals surface area contributed by atoms with Gasteiger partial charge < -0.3 is 9.47 Å². The Kier molecular flexibility index (Phi) is 6.34. The molecule has 0 saturated carbocycles. The molecular weight excluding hydrogens is 456 g/mol. The number of thioether (sulfide) groups is 1. The van der Waals surface area contributed by atoms with Crippen molar-refractivity contribution in [3.05, 3.63) is 99.7 Å². The smallest absolute Gasteiger partial charge is 0.258 e. The van der Waals surface area contributed by atoms with E-state index in [1.807, 2.05) is 97.2 Å². The van der Waals surface area contributed by atoms with Gasteiger partial charge in [-0.2, -0.15) is 5.10 Å². The van der Waals surface area contributed by atoms with Crippen LogP contribution < -0.4 is 5.56 Å². The fourth-order valence-corrected chi connectivity index (χ4v) is 5.52. The molecule has 1 aliphatic heterocycles. The summed E-state index contributed by atoms with van der Waals surface area (Å²) < 4.78 is 3.65. The molecule has 0 N–H and O–H groups in total. The van der Waals surface area contributed by atoms with E-state index in [1.54, 1.807) is 16.3 Å². The average Bonchev–Trinajstić information content (AvgIpc) is 3.22. The van der Waals surface area contributed by atoms with Crippen molar-refractivity contribution in [2.24, 2.45) is 7.05 Å². The highest BCUT2D eigenvalue weighted by Gasteiger charge is 2.24. The molecule has 4 aromatic rings. The number of benzene rings is 2. The molecule has 0 saturated heterocycles. The number of carbonyl (C=O) groups excluding carboxylic acids is 1. The summed E-state index contributed by atoms with van der Waals surface area (Å²) in [5.74, 6) is 0.522. The Morgan fingerprint density at radius 3 is 2.57 bits per heavy atom. The van der Waals surface area contributed by atoms with Crippen molar-refractivity contribution < 1.29 is 4.79 Å². The highest BCUT2D eigenvalue weighted by atomic mass is 32.2. The lowest BCUT2D eigenvalue weighted by atomic mass is 9.99. The molecule has 0 fully saturated rings. The molecule has 0 unspecified atom stereocenters. The number of rotatable bonds is 5. The van der Waals surface area contributed by atoms with Gasteiger partial charge in [-0.15, -0.1) is 11.8 Å². The Balaban J connectivity index is 1.42. The quantitative estimate of drug-likeness (QED) is 0.391. The number of fused-ring (bicyclic) bond motifs is 1. The second-order valence-corrected chi connectivity index (χ2v) is 10.00. The van der Waals surface area contributed by atoms with Gasteiger partial charge in [0.2, 0.25) is 5.91 Å². The number of nitrogens with zero attached hydrogens (tertiary/aromatic N) is 4. The fourth-order valence-electron chi connectivity index (χ4n) is 4.70. The van der Waals surface area contributed by atoms with Crippen LogP contribution in [0.25, 0.3) is 16.8 Å². The molecule has 0 aliphatic carbocycles. The summed E-state index contributed by atoms with van der Waals surface area (Å²) in [4.78, 5) is 29.2. The molecule has 0 radical (unpaired) electrons. The average molecular weight is 485 g/mol. The summed E-state index contributed by atoms with van der Waals surface area (Å²) in [5.41, 5.74) is 6.42. The van der Waals surface area contributed by atoms with E-state index in [-0.39, 0.29) is 11.5 Å². The summed E-state index contributed by atoms with van der Waals surface area (Å²) in [7, 11) is 1.83. The number of hydrogen-bond donors (Lipinski definition) is 0. The minimum Gasteiger partial charge on any atom is -0.337 e. The number of aromatic nitrogens is 3. The third kappa shape index (κ3) is 4.68. The van der Waals surface area contributed by atoms with E-state index in [2.05, 4.69) is 5.10 Å². The lowest BCUT2D eigenvalue weighted by Gasteiger charge is -2.30. The van der Waals surface area contributed by atoms with E-state index in [9.17, 15) is 9.59 Å². The molecule has 3 heterocycles. The van der Waals surface area contributed by atoms with E-state index in [0.717, 1.165) is 38.8 Å². The van der Waals surface area contributed by atoms with Crippen LogP contribution in [0.2, 0.25) is 0 Å². The SMILES string of the molecule is Cc1cc(C)n(-c2cccc(-c3cc4c(n(C)c3=O)CCN(C(=O)CSc3ccccc3)C4)c2)n1. The first-order valence-corrected chi connectivity index (χ1v) is 12.7. The first kappa shape index (κ1) is 23.2. The topological polar surface area (TPSA) is 60.1 Å². The fraction of sp³-hybridized carbons (Fsp3) is 0.250. The van der Waals surface area contributed by atoms with Gasteiger partial charge >= 0.3 is 0 Å². The van der Waals surface area contributed by atoms with Gasteiger partial charge in [0.1, 0.15) is 0 Å². The number of amides is 1. The summed E-state index contributed by atoms with van der Waals surface area (Å²) >= 11 is 1.56. The molecular formula is C28H28N4O2S. The van der Waals surface area contributed by atoms with Crippen LogP contribution in [0.3, 0.4) is 0 Å². The lowest BCUT2D eigenvalue weighted by molar-refractivity contribution is -0.129. The molecule has 0 bridgehead atoms. The van der Waals surface area contributed by atoms with Crippen molar-refractivity contribution >= 4 is 17.7 Å². The summed E-state index contributed by atoms with van der Waals surface area (Å²) in [6.45, 7) is 5.13. The number of carbonyl (C=O) groups is 1. The van der Waals surface area contributed by atoms with Gasteiger partial charge in [-0.05, 0) is 61.4 Å². The van der Waals surface area contributed by atoms with Crippen LogP contribution in [0.15, 0.2) is 76.4 Å². The maximum Gasteiger partial charge on any atom is 0.258 e. The molecule has 1 aliphatic rings. The first-order valence-electron chi connectivity index (χ1n) is 11.7. The molecule has 1 amide bonds. The predicted octanol–water partition coefficient (Wildman–Crippen LogP) is 4.53. The van der Waals surface area contributed by atoms with E-state index in [1.165, 1.54) is 0 Å². The summed E-state index contributed by atoms with van der Waals surface area (Å²) in [6, 6.07) is 21.9. The monoisotopic (exact) mass is 484 g/mol. The van der Waals surface area contributed by atoms with Crippen LogP contribution in [0.4, 0.5) is 0 Å². The van der Waals surface area contributed by atoms with Gasteiger partial charge in [0.05, 0.1) is 17.1 Å². The van der Waals surface area contributed by atoms with Crippen molar-refractivity contribution in [1.82, 2.24) is 19.2 Å². The Morgan fingerprint density at radius 2 is 1.83 bits per heavy atom. The van der Waals surface area contributed by atoms with Crippen LogP contribution in [0.5, 0.6) is 0 Å². The molecule has 7 heteroatoms. The zero-order chi connectivity index (χ0) is 24.5. The molecule has 2 aromatic heterocycles. The molecule has 2 aromatic carbocycles. The third-order valence-corrected chi connectivity index (χ3v) is 7.48. The van der Waals surface area contributed by atoms with E-state index in [0.29, 0.717) is 30.8 Å². The van der Waals surface area contributed by atoms with Gasteiger partial charge in [0.15, 0.2) is 0 Å². The van der Waals surface area contributed by atoms with Crippen molar-refractivity contribution in [2.75, 3.05) is 12.3 Å². The Bertz CT molecular complexity index is 1460. The zero-order valence-corrected chi connectivity index (χ0v) is 21.0. The van der Waals surface area contributed by atoms with E-state index < -0.39 is 0 Å². The van der Waals surface area contributed by atoms with Crippen molar-refractivity contribution in [2.45, 2.75) is 31.7 Å². The first-order chi connectivity index (χ1) is 16.9. The van der Waals surface area contributed by atoms with E-state index in [4.69, 9.17) is 0 Å². The normalized spacial score (nSPS) is 13.1. The van der Waals surface area contributed by atoms with Crippen LogP contribution >= 0.6 is 11.8 Å². The number of pyridine rings is 1. The van der Waals surface area contributed by atoms with Gasteiger partial charge in [-0.1, -0.05) is 30.3 Å². The molecule has 35 heavy (non-hydrogen) atoms.